The Bertz CT molecular complexity index is 710. The van der Waals surface area contributed by atoms with E-state index in [4.69, 9.17) is 22.1 Å². The first-order valence-corrected chi connectivity index (χ1v) is 6.74. The van der Waals surface area contributed by atoms with Gasteiger partial charge in [0.2, 0.25) is 0 Å². The molecule has 118 valence electrons. The van der Waals surface area contributed by atoms with E-state index in [0.29, 0.717) is 4.03 Å². The number of rotatable bonds is 6. The van der Waals surface area contributed by atoms with E-state index in [-0.39, 0.29) is 5.69 Å². The SMILES string of the molecule is N#CC(C#N)(CCl)N(Br)N=Nc1cc([N+](=O)[O-])cc([N+](=O)[O-])c1. The summed E-state index contributed by atoms with van der Waals surface area (Å²) in [6, 6.07) is 5.90. The van der Waals surface area contributed by atoms with Crippen LogP contribution in [0.15, 0.2) is 28.5 Å². The van der Waals surface area contributed by atoms with E-state index < -0.39 is 32.6 Å². The zero-order valence-corrected chi connectivity index (χ0v) is 13.3. The second-order valence-corrected chi connectivity index (χ2v) is 4.83. The van der Waals surface area contributed by atoms with Gasteiger partial charge in [-0.1, -0.05) is 5.22 Å². The third kappa shape index (κ3) is 4.09. The highest BCUT2D eigenvalue weighted by Crippen LogP contribution is 2.29. The number of hydrogen-bond donors (Lipinski definition) is 0. The minimum atomic E-state index is -1.86. The van der Waals surface area contributed by atoms with Crippen molar-refractivity contribution in [3.05, 3.63) is 38.4 Å². The maximum Gasteiger partial charge on any atom is 0.278 e. The lowest BCUT2D eigenvalue weighted by Gasteiger charge is -2.20. The Morgan fingerprint density at radius 1 is 1.22 bits per heavy atom. The molecule has 0 heterocycles. The number of nitro benzene ring substituents is 2. The first kappa shape index (κ1) is 18.2. The molecule has 0 saturated heterocycles. The number of non-ortho nitro benzene ring substituents is 2. The second kappa shape index (κ2) is 7.44. The van der Waals surface area contributed by atoms with E-state index in [1.807, 2.05) is 0 Å². The van der Waals surface area contributed by atoms with Crippen LogP contribution in [0.3, 0.4) is 0 Å². The number of alkyl halides is 1. The van der Waals surface area contributed by atoms with Crippen molar-refractivity contribution in [2.24, 2.45) is 10.3 Å². The Labute approximate surface area is 142 Å². The summed E-state index contributed by atoms with van der Waals surface area (Å²) >= 11 is 8.35. The summed E-state index contributed by atoms with van der Waals surface area (Å²) in [5.41, 5.74) is -3.19. The van der Waals surface area contributed by atoms with Crippen molar-refractivity contribution in [2.75, 3.05) is 5.88 Å². The fraction of sp³-hybridized carbons (Fsp3) is 0.200. The lowest BCUT2D eigenvalue weighted by atomic mass is 10.1. The van der Waals surface area contributed by atoms with Gasteiger partial charge in [0.25, 0.3) is 16.9 Å². The summed E-state index contributed by atoms with van der Waals surface area (Å²) in [5, 5.41) is 46.5. The van der Waals surface area contributed by atoms with Crippen molar-refractivity contribution in [1.82, 2.24) is 4.03 Å². The molecule has 1 aromatic carbocycles. The fourth-order valence-electron chi connectivity index (χ4n) is 1.23. The van der Waals surface area contributed by atoms with Crippen LogP contribution in [0.5, 0.6) is 0 Å². The van der Waals surface area contributed by atoms with Gasteiger partial charge in [0, 0.05) is 12.1 Å². The number of nitrogens with zero attached hydrogens (tertiary/aromatic N) is 7. The zero-order valence-electron chi connectivity index (χ0n) is 11.0. The van der Waals surface area contributed by atoms with Gasteiger partial charge >= 0.3 is 0 Å². The first-order chi connectivity index (χ1) is 10.8. The predicted octanol–water partition coefficient (Wildman–Crippen LogP) is 3.14. The van der Waals surface area contributed by atoms with Crippen LogP contribution in [0.25, 0.3) is 0 Å². The lowest BCUT2D eigenvalue weighted by molar-refractivity contribution is -0.394. The monoisotopic (exact) mass is 401 g/mol. The van der Waals surface area contributed by atoms with E-state index in [0.717, 1.165) is 18.2 Å². The molecule has 0 radical (unpaired) electrons. The molecule has 1 aromatic rings. The van der Waals surface area contributed by atoms with Crippen LogP contribution in [-0.2, 0) is 0 Å². The van der Waals surface area contributed by atoms with Crippen molar-refractivity contribution in [3.63, 3.8) is 0 Å². The average molecular weight is 403 g/mol. The van der Waals surface area contributed by atoms with E-state index in [2.05, 4.69) is 26.5 Å². The molecule has 0 N–H and O–H groups in total. The van der Waals surface area contributed by atoms with E-state index in [1.54, 1.807) is 12.1 Å². The van der Waals surface area contributed by atoms with Crippen molar-refractivity contribution >= 4 is 44.8 Å². The van der Waals surface area contributed by atoms with Gasteiger partial charge < -0.3 is 0 Å². The molecular formula is C10H5BrClN7O4. The zero-order chi connectivity index (χ0) is 17.6. The maximum atomic E-state index is 10.8. The predicted molar refractivity (Wildman–Crippen MR) is 79.7 cm³/mol. The molecule has 0 aliphatic rings. The molecule has 0 atom stereocenters. The third-order valence-corrected chi connectivity index (χ3v) is 3.56. The van der Waals surface area contributed by atoms with Crippen LogP contribution in [-0.4, -0.2) is 25.3 Å². The Balaban J connectivity index is 3.23. The van der Waals surface area contributed by atoms with Gasteiger partial charge in [-0.2, -0.15) is 14.6 Å². The highest BCUT2D eigenvalue weighted by Gasteiger charge is 2.36. The van der Waals surface area contributed by atoms with Crippen LogP contribution in [0.4, 0.5) is 17.1 Å². The summed E-state index contributed by atoms with van der Waals surface area (Å²) in [6.07, 6.45) is 0. The summed E-state index contributed by atoms with van der Waals surface area (Å²) in [5.74, 6) is -0.431. The highest BCUT2D eigenvalue weighted by molar-refractivity contribution is 9.07. The minimum Gasteiger partial charge on any atom is -0.258 e. The molecule has 1 rings (SSSR count). The van der Waals surface area contributed by atoms with Crippen molar-refractivity contribution < 1.29 is 9.85 Å². The summed E-state index contributed by atoms with van der Waals surface area (Å²) in [4.78, 5) is 19.8. The van der Waals surface area contributed by atoms with Gasteiger partial charge in [0.05, 0.1) is 37.9 Å². The first-order valence-electron chi connectivity index (χ1n) is 5.49. The number of nitriles is 2. The van der Waals surface area contributed by atoms with Crippen molar-refractivity contribution in [3.8, 4) is 12.1 Å². The topological polar surface area (TPSA) is 162 Å². The second-order valence-electron chi connectivity index (χ2n) is 3.89. The molecule has 0 aromatic heterocycles. The van der Waals surface area contributed by atoms with Crippen LogP contribution >= 0.6 is 27.7 Å². The highest BCUT2D eigenvalue weighted by atomic mass is 79.9. The number of benzene rings is 1. The molecule has 0 fully saturated rings. The van der Waals surface area contributed by atoms with E-state index >= 15 is 0 Å². The van der Waals surface area contributed by atoms with Gasteiger partial charge in [-0.05, 0) is 0 Å². The van der Waals surface area contributed by atoms with Crippen LogP contribution in [0.1, 0.15) is 0 Å². The molecule has 0 aliphatic carbocycles. The largest absolute Gasteiger partial charge is 0.278 e. The standard InChI is InChI=1S/C10H5BrClN7O4/c11-19(10(4-12,5-13)6-14)16-15-7-1-8(17(20)21)3-9(2-7)18(22)23/h1-3H,4H2. The van der Waals surface area contributed by atoms with Crippen molar-refractivity contribution in [2.45, 2.75) is 5.54 Å². The quantitative estimate of drug-likeness (QED) is 0.232. The van der Waals surface area contributed by atoms with E-state index in [9.17, 15) is 20.2 Å². The lowest BCUT2D eigenvalue weighted by Crippen LogP contribution is -2.38. The van der Waals surface area contributed by atoms with Gasteiger partial charge in [0.1, 0.15) is 17.8 Å². The minimum absolute atomic E-state index is 0.213. The molecule has 0 aliphatic heterocycles. The summed E-state index contributed by atoms with van der Waals surface area (Å²) in [6.45, 7) is 0. The maximum absolute atomic E-state index is 10.8. The van der Waals surface area contributed by atoms with Gasteiger partial charge in [-0.3, -0.25) is 20.2 Å². The molecule has 0 unspecified atom stereocenters. The summed E-state index contributed by atoms with van der Waals surface area (Å²) < 4.78 is 0.678. The average Bonchev–Trinajstić information content (AvgIpc) is 2.54. The molecule has 0 saturated carbocycles. The molecule has 13 heteroatoms. The van der Waals surface area contributed by atoms with Crippen molar-refractivity contribution in [1.29, 1.82) is 10.5 Å². The molecule has 0 spiro atoms. The van der Waals surface area contributed by atoms with Gasteiger partial charge in [-0.15, -0.1) is 16.7 Å². The molecule has 23 heavy (non-hydrogen) atoms. The Kier molecular flexibility index (Phi) is 5.89. The number of hydrogen-bond acceptors (Lipinski definition) is 8. The smallest absolute Gasteiger partial charge is 0.258 e. The normalized spacial score (nSPS) is 10.8. The van der Waals surface area contributed by atoms with Crippen LogP contribution in [0, 0.1) is 42.9 Å². The van der Waals surface area contributed by atoms with E-state index in [1.165, 1.54) is 0 Å². The Morgan fingerprint density at radius 2 is 1.70 bits per heavy atom. The van der Waals surface area contributed by atoms with Crippen LogP contribution < -0.4 is 0 Å². The molecule has 0 bridgehead atoms. The van der Waals surface area contributed by atoms with Gasteiger partial charge in [0.15, 0.2) is 0 Å². The summed E-state index contributed by atoms with van der Waals surface area (Å²) in [7, 11) is 0. The number of halogens is 2. The number of nitro groups is 2. The van der Waals surface area contributed by atoms with Crippen LogP contribution in [0.2, 0.25) is 0 Å². The fourth-order valence-corrected chi connectivity index (χ4v) is 1.96. The molecular weight excluding hydrogens is 398 g/mol. The molecule has 0 amide bonds. The Hall–Kier alpha value is -2.83. The third-order valence-electron chi connectivity index (χ3n) is 2.43. The Morgan fingerprint density at radius 3 is 2.04 bits per heavy atom. The van der Waals surface area contributed by atoms with Gasteiger partial charge in [-0.25, -0.2) is 0 Å². The molecule has 11 nitrogen and oxygen atoms in total.